The first-order valence-electron chi connectivity index (χ1n) is 9.88. The lowest BCUT2D eigenvalue weighted by Gasteiger charge is -2.20. The Bertz CT molecular complexity index is 1060. The normalized spacial score (nSPS) is 15.4. The van der Waals surface area contributed by atoms with Crippen molar-refractivity contribution in [3.05, 3.63) is 63.2 Å². The van der Waals surface area contributed by atoms with Gasteiger partial charge in [-0.05, 0) is 56.5 Å². The van der Waals surface area contributed by atoms with Gasteiger partial charge in [-0.15, -0.1) is 0 Å². The lowest BCUT2D eigenvalue weighted by Crippen LogP contribution is -2.31. The highest BCUT2D eigenvalue weighted by Crippen LogP contribution is 2.29. The van der Waals surface area contributed by atoms with Crippen LogP contribution in [0.4, 0.5) is 11.4 Å². The van der Waals surface area contributed by atoms with Crippen molar-refractivity contribution < 1.29 is 18.1 Å². The summed E-state index contributed by atoms with van der Waals surface area (Å²) in [6.07, 6.45) is 3.76. The number of carbonyl (C=O) groups is 1. The van der Waals surface area contributed by atoms with Gasteiger partial charge in [-0.25, -0.2) is 8.42 Å². The number of nitrogens with one attached hydrogen (secondary N) is 1. The van der Waals surface area contributed by atoms with Crippen LogP contribution in [-0.4, -0.2) is 36.6 Å². The van der Waals surface area contributed by atoms with Crippen LogP contribution in [-0.2, 0) is 10.0 Å². The smallest absolute Gasteiger partial charge is 0.274 e. The van der Waals surface area contributed by atoms with Gasteiger partial charge in [0.15, 0.2) is 0 Å². The van der Waals surface area contributed by atoms with Crippen molar-refractivity contribution >= 4 is 27.3 Å². The lowest BCUT2D eigenvalue weighted by atomic mass is 10.1. The molecule has 160 valence electrons. The number of sulfonamides is 1. The monoisotopic (exact) mass is 431 g/mol. The fourth-order valence-electron chi connectivity index (χ4n) is 3.62. The van der Waals surface area contributed by atoms with Gasteiger partial charge in [-0.1, -0.05) is 18.9 Å². The van der Waals surface area contributed by atoms with Crippen molar-refractivity contribution in [2.75, 3.05) is 18.4 Å². The van der Waals surface area contributed by atoms with Crippen molar-refractivity contribution in [3.8, 4) is 0 Å². The van der Waals surface area contributed by atoms with E-state index in [9.17, 15) is 23.3 Å². The highest BCUT2D eigenvalue weighted by atomic mass is 32.2. The number of nitro benzene ring substituents is 1. The Hall–Kier alpha value is -2.78. The molecule has 0 radical (unpaired) electrons. The summed E-state index contributed by atoms with van der Waals surface area (Å²) in [4.78, 5) is 23.5. The van der Waals surface area contributed by atoms with E-state index in [0.717, 1.165) is 25.7 Å². The quantitative estimate of drug-likeness (QED) is 0.568. The van der Waals surface area contributed by atoms with Gasteiger partial charge in [0.2, 0.25) is 10.0 Å². The zero-order chi connectivity index (χ0) is 21.9. The number of hydrogen-bond acceptors (Lipinski definition) is 5. The molecule has 1 saturated heterocycles. The van der Waals surface area contributed by atoms with Crippen LogP contribution in [0.1, 0.15) is 47.2 Å². The second kappa shape index (κ2) is 8.93. The Morgan fingerprint density at radius 3 is 2.17 bits per heavy atom. The van der Waals surface area contributed by atoms with E-state index in [2.05, 4.69) is 5.32 Å². The fraction of sp³-hybridized carbons (Fsp3) is 0.381. The van der Waals surface area contributed by atoms with Crippen molar-refractivity contribution in [2.45, 2.75) is 44.4 Å². The van der Waals surface area contributed by atoms with Crippen LogP contribution in [0.2, 0.25) is 0 Å². The topological polar surface area (TPSA) is 110 Å². The average molecular weight is 432 g/mol. The summed E-state index contributed by atoms with van der Waals surface area (Å²) < 4.78 is 27.2. The second-order valence-electron chi connectivity index (χ2n) is 7.46. The van der Waals surface area contributed by atoms with Gasteiger partial charge in [0, 0.05) is 24.7 Å². The first kappa shape index (κ1) is 21.9. The minimum atomic E-state index is -3.59. The van der Waals surface area contributed by atoms with E-state index >= 15 is 0 Å². The standard InChI is InChI=1S/C21H25N3O5S/c1-15-7-12-19(24(26)27)16(2)20(15)22-21(25)17-8-10-18(11-9-17)30(28,29)23-13-5-3-4-6-14-23/h7-12H,3-6,13-14H2,1-2H3,(H,22,25). The maximum absolute atomic E-state index is 12.9. The van der Waals surface area contributed by atoms with Crippen LogP contribution in [0, 0.1) is 24.0 Å². The third kappa shape index (κ3) is 4.52. The summed E-state index contributed by atoms with van der Waals surface area (Å²) >= 11 is 0. The number of rotatable bonds is 5. The minimum Gasteiger partial charge on any atom is -0.321 e. The van der Waals surface area contributed by atoms with Crippen molar-refractivity contribution in [1.82, 2.24) is 4.31 Å². The average Bonchev–Trinajstić information content (AvgIpc) is 3.01. The van der Waals surface area contributed by atoms with Crippen molar-refractivity contribution in [2.24, 2.45) is 0 Å². The number of aryl methyl sites for hydroxylation is 1. The molecule has 0 atom stereocenters. The van der Waals surface area contributed by atoms with E-state index in [1.807, 2.05) is 0 Å². The van der Waals surface area contributed by atoms with Crippen molar-refractivity contribution in [3.63, 3.8) is 0 Å². The Kier molecular flexibility index (Phi) is 6.52. The number of amides is 1. The molecule has 30 heavy (non-hydrogen) atoms. The molecule has 9 heteroatoms. The van der Waals surface area contributed by atoms with Gasteiger partial charge in [0.05, 0.1) is 21.1 Å². The molecule has 1 heterocycles. The van der Waals surface area contributed by atoms with E-state index in [4.69, 9.17) is 0 Å². The van der Waals surface area contributed by atoms with Crippen LogP contribution in [0.5, 0.6) is 0 Å². The maximum Gasteiger partial charge on any atom is 0.274 e. The van der Waals surface area contributed by atoms with Crippen LogP contribution in [0.15, 0.2) is 41.3 Å². The molecule has 0 saturated carbocycles. The summed E-state index contributed by atoms with van der Waals surface area (Å²) in [5, 5.41) is 13.9. The largest absolute Gasteiger partial charge is 0.321 e. The van der Waals surface area contributed by atoms with Gasteiger partial charge in [0.25, 0.3) is 11.6 Å². The summed E-state index contributed by atoms with van der Waals surface area (Å²) in [6.45, 7) is 4.35. The van der Waals surface area contributed by atoms with E-state index < -0.39 is 20.9 Å². The molecule has 0 aliphatic carbocycles. The molecule has 8 nitrogen and oxygen atoms in total. The van der Waals surface area contributed by atoms with Crippen molar-refractivity contribution in [1.29, 1.82) is 0 Å². The van der Waals surface area contributed by atoms with Crippen LogP contribution in [0.3, 0.4) is 0 Å². The predicted octanol–water partition coefficient (Wildman–Crippen LogP) is 4.03. The number of anilines is 1. The molecule has 2 aromatic rings. The van der Waals surface area contributed by atoms with Crippen LogP contribution >= 0.6 is 0 Å². The molecule has 1 aliphatic rings. The molecule has 0 spiro atoms. The molecule has 1 N–H and O–H groups in total. The summed E-state index contributed by atoms with van der Waals surface area (Å²) in [6, 6.07) is 8.77. The van der Waals surface area contributed by atoms with Gasteiger partial charge < -0.3 is 5.32 Å². The predicted molar refractivity (Wildman–Crippen MR) is 114 cm³/mol. The SMILES string of the molecule is Cc1ccc([N+](=O)[O-])c(C)c1NC(=O)c1ccc(S(=O)(=O)N2CCCCCC2)cc1. The van der Waals surface area contributed by atoms with E-state index in [1.54, 1.807) is 19.9 Å². The number of hydrogen-bond donors (Lipinski definition) is 1. The maximum atomic E-state index is 12.9. The molecular weight excluding hydrogens is 406 g/mol. The summed E-state index contributed by atoms with van der Waals surface area (Å²) in [5.74, 6) is -0.458. The molecule has 0 aromatic heterocycles. The number of nitrogens with zero attached hydrogens (tertiary/aromatic N) is 2. The third-order valence-corrected chi connectivity index (χ3v) is 7.31. The van der Waals surface area contributed by atoms with E-state index in [1.165, 1.54) is 34.6 Å². The van der Waals surface area contributed by atoms with Gasteiger partial charge in [0.1, 0.15) is 0 Å². The van der Waals surface area contributed by atoms with Crippen LogP contribution in [0.25, 0.3) is 0 Å². The lowest BCUT2D eigenvalue weighted by molar-refractivity contribution is -0.385. The Morgan fingerprint density at radius 2 is 1.60 bits per heavy atom. The highest BCUT2D eigenvalue weighted by Gasteiger charge is 2.25. The number of nitro groups is 1. The molecule has 2 aromatic carbocycles. The number of carbonyl (C=O) groups excluding carboxylic acids is 1. The van der Waals surface area contributed by atoms with E-state index in [0.29, 0.717) is 29.9 Å². The fourth-order valence-corrected chi connectivity index (χ4v) is 5.14. The van der Waals surface area contributed by atoms with Gasteiger partial charge >= 0.3 is 0 Å². The zero-order valence-electron chi connectivity index (χ0n) is 17.1. The summed E-state index contributed by atoms with van der Waals surface area (Å²) in [7, 11) is -3.59. The third-order valence-electron chi connectivity index (χ3n) is 5.40. The molecule has 0 unspecified atom stereocenters. The zero-order valence-corrected chi connectivity index (χ0v) is 17.9. The Labute approximate surface area is 176 Å². The first-order valence-corrected chi connectivity index (χ1v) is 11.3. The van der Waals surface area contributed by atoms with E-state index in [-0.39, 0.29) is 16.1 Å². The van der Waals surface area contributed by atoms with Crippen LogP contribution < -0.4 is 5.32 Å². The van der Waals surface area contributed by atoms with Gasteiger partial charge in [-0.2, -0.15) is 4.31 Å². The van der Waals surface area contributed by atoms with Gasteiger partial charge in [-0.3, -0.25) is 14.9 Å². The first-order chi connectivity index (χ1) is 14.2. The molecule has 3 rings (SSSR count). The molecule has 0 bridgehead atoms. The Morgan fingerprint density at radius 1 is 1.00 bits per heavy atom. The highest BCUT2D eigenvalue weighted by molar-refractivity contribution is 7.89. The second-order valence-corrected chi connectivity index (χ2v) is 9.39. The minimum absolute atomic E-state index is 0.0743. The molecular formula is C21H25N3O5S. The molecule has 1 amide bonds. The Balaban J connectivity index is 1.81. The molecule has 1 aliphatic heterocycles. The summed E-state index contributed by atoms with van der Waals surface area (Å²) in [5.41, 5.74) is 1.65. The molecule has 1 fully saturated rings. The number of benzene rings is 2.